The summed E-state index contributed by atoms with van der Waals surface area (Å²) in [6.07, 6.45) is 2.25. The summed E-state index contributed by atoms with van der Waals surface area (Å²) < 4.78 is 13.2. The molecule has 5 heteroatoms. The predicted octanol–water partition coefficient (Wildman–Crippen LogP) is 5.98. The van der Waals surface area contributed by atoms with E-state index in [0.29, 0.717) is 19.3 Å². The summed E-state index contributed by atoms with van der Waals surface area (Å²) in [6, 6.07) is 27.4. The van der Waals surface area contributed by atoms with Gasteiger partial charge in [-0.1, -0.05) is 30.3 Å². The van der Waals surface area contributed by atoms with Gasteiger partial charge in [0.05, 0.1) is 6.61 Å². The fourth-order valence-corrected chi connectivity index (χ4v) is 5.47. The van der Waals surface area contributed by atoms with Crippen LogP contribution in [0.1, 0.15) is 18.4 Å². The van der Waals surface area contributed by atoms with Crippen LogP contribution in [0.4, 0.5) is 0 Å². The molecule has 33 heavy (non-hydrogen) atoms. The highest BCUT2D eigenvalue weighted by Gasteiger charge is 2.23. The number of rotatable bonds is 9. The van der Waals surface area contributed by atoms with Crippen molar-refractivity contribution in [2.45, 2.75) is 25.5 Å². The lowest BCUT2D eigenvalue weighted by Crippen LogP contribution is -2.35. The summed E-state index contributed by atoms with van der Waals surface area (Å²) in [4.78, 5) is 3.56. The average molecular weight is 460 g/mol. The second-order valence-corrected chi connectivity index (χ2v) is 9.56. The highest BCUT2D eigenvalue weighted by molar-refractivity contribution is 7.22. The Kier molecular flexibility index (Phi) is 6.91. The van der Waals surface area contributed by atoms with E-state index in [-0.39, 0.29) is 6.61 Å². The van der Waals surface area contributed by atoms with Crippen LogP contribution in [0.5, 0.6) is 11.5 Å². The van der Waals surface area contributed by atoms with Crippen LogP contribution in [0.2, 0.25) is 0 Å². The van der Waals surface area contributed by atoms with Gasteiger partial charge in [0.15, 0.2) is 0 Å². The standard InChI is InChI=1S/C28H29NO3S/c30-19-24-7-4-14-29(24)15-16-31-25-11-8-22(9-12-25)27-17-23-10-13-26(18-28(23)33-27)32-20-21-5-2-1-3-6-21/h1-3,5-6,8-13,17-18,24,30H,4,7,14-16,19-20H2. The van der Waals surface area contributed by atoms with Gasteiger partial charge in [0.2, 0.25) is 0 Å². The SMILES string of the molecule is OCC1CCCN1CCOc1ccc(-c2cc3ccc(OCc4ccccc4)cc3s2)cc1. The van der Waals surface area contributed by atoms with Crippen molar-refractivity contribution in [3.05, 3.63) is 84.4 Å². The molecule has 1 saturated heterocycles. The lowest BCUT2D eigenvalue weighted by Gasteiger charge is -2.22. The number of fused-ring (bicyclic) bond motifs is 1. The minimum Gasteiger partial charge on any atom is -0.492 e. The molecule has 0 aliphatic carbocycles. The molecule has 1 aliphatic heterocycles. The first-order chi connectivity index (χ1) is 16.3. The molecule has 5 rings (SSSR count). The van der Waals surface area contributed by atoms with Gasteiger partial charge in [0.1, 0.15) is 24.7 Å². The quantitative estimate of drug-likeness (QED) is 0.334. The number of thiophene rings is 1. The fraction of sp³-hybridized carbons (Fsp3) is 0.286. The lowest BCUT2D eigenvalue weighted by atomic mass is 10.1. The normalized spacial score (nSPS) is 16.3. The van der Waals surface area contributed by atoms with Crippen LogP contribution in [-0.4, -0.2) is 42.4 Å². The van der Waals surface area contributed by atoms with E-state index in [0.717, 1.165) is 37.4 Å². The first kappa shape index (κ1) is 22.0. The number of aliphatic hydroxyl groups is 1. The molecule has 0 radical (unpaired) electrons. The van der Waals surface area contributed by atoms with E-state index in [1.165, 1.54) is 26.1 Å². The number of benzene rings is 3. The van der Waals surface area contributed by atoms with Crippen molar-refractivity contribution in [2.24, 2.45) is 0 Å². The van der Waals surface area contributed by atoms with E-state index in [1.54, 1.807) is 11.3 Å². The molecule has 1 fully saturated rings. The zero-order valence-electron chi connectivity index (χ0n) is 18.7. The highest BCUT2D eigenvalue weighted by Crippen LogP contribution is 2.36. The molecule has 0 spiro atoms. The van der Waals surface area contributed by atoms with E-state index in [9.17, 15) is 5.11 Å². The second kappa shape index (κ2) is 10.4. The third kappa shape index (κ3) is 5.38. The summed E-state index contributed by atoms with van der Waals surface area (Å²) in [7, 11) is 0. The molecule has 4 nitrogen and oxygen atoms in total. The van der Waals surface area contributed by atoms with E-state index in [2.05, 4.69) is 47.4 Å². The van der Waals surface area contributed by atoms with Crippen LogP contribution in [0.15, 0.2) is 78.9 Å². The number of hydrogen-bond donors (Lipinski definition) is 1. The van der Waals surface area contributed by atoms with Gasteiger partial charge >= 0.3 is 0 Å². The molecule has 4 aromatic rings. The summed E-state index contributed by atoms with van der Waals surface area (Å²) >= 11 is 1.78. The van der Waals surface area contributed by atoms with Crippen LogP contribution in [0.3, 0.4) is 0 Å². The van der Waals surface area contributed by atoms with Crippen LogP contribution in [-0.2, 0) is 6.61 Å². The Hall–Kier alpha value is -2.86. The van der Waals surface area contributed by atoms with Gasteiger partial charge in [-0.05, 0) is 84.4 Å². The zero-order valence-corrected chi connectivity index (χ0v) is 19.5. The molecular weight excluding hydrogens is 430 g/mol. The van der Waals surface area contributed by atoms with Gasteiger partial charge in [0, 0.05) is 22.2 Å². The first-order valence-electron chi connectivity index (χ1n) is 11.6. The maximum absolute atomic E-state index is 9.44. The lowest BCUT2D eigenvalue weighted by molar-refractivity contribution is 0.139. The van der Waals surface area contributed by atoms with Gasteiger partial charge in [-0.25, -0.2) is 0 Å². The Labute approximate surface area is 199 Å². The van der Waals surface area contributed by atoms with Crippen molar-refractivity contribution in [3.63, 3.8) is 0 Å². The summed E-state index contributed by atoms with van der Waals surface area (Å²) in [6.45, 7) is 3.37. The number of nitrogens with zero attached hydrogens (tertiary/aromatic N) is 1. The molecule has 0 saturated carbocycles. The molecule has 3 aromatic carbocycles. The third-order valence-corrected chi connectivity index (χ3v) is 7.38. The number of hydrogen-bond acceptors (Lipinski definition) is 5. The Balaban J connectivity index is 1.19. The summed E-state index contributed by atoms with van der Waals surface area (Å²) in [5.41, 5.74) is 2.36. The molecule has 1 aliphatic rings. The minimum absolute atomic E-state index is 0.241. The van der Waals surface area contributed by atoms with Gasteiger partial charge in [-0.15, -0.1) is 11.3 Å². The molecule has 2 heterocycles. The van der Waals surface area contributed by atoms with E-state index < -0.39 is 0 Å². The molecule has 170 valence electrons. The van der Waals surface area contributed by atoms with Crippen molar-refractivity contribution in [2.75, 3.05) is 26.3 Å². The van der Waals surface area contributed by atoms with Crippen LogP contribution < -0.4 is 9.47 Å². The van der Waals surface area contributed by atoms with Gasteiger partial charge in [-0.2, -0.15) is 0 Å². The van der Waals surface area contributed by atoms with Crippen molar-refractivity contribution in [1.29, 1.82) is 0 Å². The Morgan fingerprint density at radius 3 is 2.55 bits per heavy atom. The van der Waals surface area contributed by atoms with Crippen LogP contribution >= 0.6 is 11.3 Å². The predicted molar refractivity (Wildman–Crippen MR) is 135 cm³/mol. The maximum Gasteiger partial charge on any atom is 0.121 e. The number of likely N-dealkylation sites (tertiary alicyclic amines) is 1. The number of ether oxygens (including phenoxy) is 2. The molecule has 1 N–H and O–H groups in total. The molecule has 1 unspecified atom stereocenters. The number of aliphatic hydroxyl groups excluding tert-OH is 1. The largest absolute Gasteiger partial charge is 0.492 e. The Bertz CT molecular complexity index is 1170. The molecule has 1 aromatic heterocycles. The zero-order chi connectivity index (χ0) is 22.5. The van der Waals surface area contributed by atoms with E-state index in [4.69, 9.17) is 9.47 Å². The Morgan fingerprint density at radius 2 is 1.73 bits per heavy atom. The van der Waals surface area contributed by atoms with Crippen molar-refractivity contribution in [1.82, 2.24) is 4.90 Å². The Morgan fingerprint density at radius 1 is 0.909 bits per heavy atom. The highest BCUT2D eigenvalue weighted by atomic mass is 32.1. The topological polar surface area (TPSA) is 41.9 Å². The van der Waals surface area contributed by atoms with Gasteiger partial charge in [0.25, 0.3) is 0 Å². The first-order valence-corrected chi connectivity index (χ1v) is 12.4. The van der Waals surface area contributed by atoms with Crippen LogP contribution in [0.25, 0.3) is 20.5 Å². The summed E-state index contributed by atoms with van der Waals surface area (Å²) in [5.74, 6) is 1.78. The molecular formula is C28H29NO3S. The van der Waals surface area contributed by atoms with Crippen molar-refractivity contribution >= 4 is 21.4 Å². The van der Waals surface area contributed by atoms with E-state index in [1.807, 2.05) is 36.4 Å². The molecule has 1 atom stereocenters. The van der Waals surface area contributed by atoms with E-state index >= 15 is 0 Å². The van der Waals surface area contributed by atoms with Gasteiger partial charge in [-0.3, -0.25) is 4.90 Å². The smallest absolute Gasteiger partial charge is 0.121 e. The van der Waals surface area contributed by atoms with Crippen molar-refractivity contribution in [3.8, 4) is 21.9 Å². The molecule has 0 amide bonds. The van der Waals surface area contributed by atoms with Gasteiger partial charge < -0.3 is 14.6 Å². The third-order valence-electron chi connectivity index (χ3n) is 6.24. The minimum atomic E-state index is 0.241. The maximum atomic E-state index is 9.44. The summed E-state index contributed by atoms with van der Waals surface area (Å²) in [5, 5.41) is 10.7. The average Bonchev–Trinajstić information content (AvgIpc) is 3.50. The monoisotopic (exact) mass is 459 g/mol. The van der Waals surface area contributed by atoms with Crippen LogP contribution in [0, 0.1) is 0 Å². The second-order valence-electron chi connectivity index (χ2n) is 8.47. The fourth-order valence-electron chi connectivity index (χ4n) is 4.38. The van der Waals surface area contributed by atoms with Crippen molar-refractivity contribution < 1.29 is 14.6 Å². The molecule has 0 bridgehead atoms.